The van der Waals surface area contributed by atoms with Crippen LogP contribution < -0.4 is 0 Å². The zero-order valence-corrected chi connectivity index (χ0v) is 6.85. The Labute approximate surface area is 65.8 Å². The van der Waals surface area contributed by atoms with E-state index in [1.807, 2.05) is 0 Å². The molecule has 0 fully saturated rings. The maximum absolute atomic E-state index is 10.8. The van der Waals surface area contributed by atoms with Gasteiger partial charge in [0, 0.05) is 12.8 Å². The van der Waals surface area contributed by atoms with Crippen LogP contribution in [0.15, 0.2) is 0 Å². The third-order valence-electron chi connectivity index (χ3n) is 1.38. The molecule has 0 aliphatic heterocycles. The predicted molar refractivity (Wildman–Crippen MR) is 40.2 cm³/mol. The quantitative estimate of drug-likeness (QED) is 0.439. The monoisotopic (exact) mass is 156 g/mol. The Bertz CT molecular complexity index is 182. The number of hydrogen-bond acceptors (Lipinski definition) is 3. The third-order valence-corrected chi connectivity index (χ3v) is 1.38. The van der Waals surface area contributed by atoms with Crippen molar-refractivity contribution < 1.29 is 14.4 Å². The average Bonchev–Trinajstić information content (AvgIpc) is 2.02. The maximum Gasteiger partial charge on any atom is 0.205 e. The van der Waals surface area contributed by atoms with Gasteiger partial charge in [-0.3, -0.25) is 14.4 Å². The van der Waals surface area contributed by atoms with Crippen LogP contribution in [-0.2, 0) is 14.4 Å². The first kappa shape index (κ1) is 10.0. The van der Waals surface area contributed by atoms with Crippen molar-refractivity contribution in [1.29, 1.82) is 0 Å². The number of Topliss-reactive ketones (excluding diaryl/α,β-unsaturated/α-hetero) is 3. The van der Waals surface area contributed by atoms with Crippen molar-refractivity contribution in [2.75, 3.05) is 0 Å². The molecule has 0 bridgehead atoms. The van der Waals surface area contributed by atoms with Crippen molar-refractivity contribution in [1.82, 2.24) is 0 Å². The third kappa shape index (κ3) is 3.65. The second kappa shape index (κ2) is 4.77. The minimum Gasteiger partial charge on any atom is -0.299 e. The summed E-state index contributed by atoms with van der Waals surface area (Å²) in [5.41, 5.74) is 0. The number of hydrogen-bond donors (Lipinski definition) is 0. The molecule has 0 amide bonds. The van der Waals surface area contributed by atoms with Crippen LogP contribution in [0.2, 0.25) is 0 Å². The van der Waals surface area contributed by atoms with Crippen LogP contribution in [0.25, 0.3) is 0 Å². The summed E-state index contributed by atoms with van der Waals surface area (Å²) in [7, 11) is 0. The standard InChI is InChI=1S/C8H12O3/c1-3-6(9)5-8(11)7(10)4-2/h3-5H2,1-2H3. The molecule has 0 spiro atoms. The van der Waals surface area contributed by atoms with E-state index >= 15 is 0 Å². The molecule has 3 nitrogen and oxygen atoms in total. The molecule has 0 aliphatic rings. The van der Waals surface area contributed by atoms with Gasteiger partial charge < -0.3 is 0 Å². The summed E-state index contributed by atoms with van der Waals surface area (Å²) < 4.78 is 0. The number of carbonyl (C=O) groups is 3. The Morgan fingerprint density at radius 1 is 0.909 bits per heavy atom. The molecule has 3 heteroatoms. The van der Waals surface area contributed by atoms with Crippen LogP contribution in [0, 0.1) is 0 Å². The smallest absolute Gasteiger partial charge is 0.205 e. The van der Waals surface area contributed by atoms with Gasteiger partial charge in [-0.05, 0) is 0 Å². The van der Waals surface area contributed by atoms with E-state index in [4.69, 9.17) is 0 Å². The average molecular weight is 156 g/mol. The summed E-state index contributed by atoms with van der Waals surface area (Å²) in [6.45, 7) is 3.28. The minimum absolute atomic E-state index is 0.170. The molecule has 62 valence electrons. The molecule has 0 aromatic heterocycles. The zero-order valence-electron chi connectivity index (χ0n) is 6.85. The van der Waals surface area contributed by atoms with Crippen molar-refractivity contribution in [2.24, 2.45) is 0 Å². The second-order valence-electron chi connectivity index (χ2n) is 2.27. The summed E-state index contributed by atoms with van der Waals surface area (Å²) in [6.07, 6.45) is 0.293. The molecular formula is C8H12O3. The Morgan fingerprint density at radius 2 is 1.45 bits per heavy atom. The fourth-order valence-corrected chi connectivity index (χ4v) is 0.600. The molecule has 0 atom stereocenters. The summed E-state index contributed by atoms with van der Waals surface area (Å²) in [5, 5.41) is 0. The van der Waals surface area contributed by atoms with Gasteiger partial charge in [-0.2, -0.15) is 0 Å². The number of ketones is 3. The lowest BCUT2D eigenvalue weighted by Gasteiger charge is -1.93. The summed E-state index contributed by atoms with van der Waals surface area (Å²) in [5.74, 6) is -1.18. The van der Waals surface area contributed by atoms with Crippen molar-refractivity contribution in [3.63, 3.8) is 0 Å². The summed E-state index contributed by atoms with van der Waals surface area (Å²) in [6, 6.07) is 0. The molecule has 0 rings (SSSR count). The van der Waals surface area contributed by atoms with Crippen molar-refractivity contribution >= 4 is 17.3 Å². The number of carbonyl (C=O) groups excluding carboxylic acids is 3. The van der Waals surface area contributed by atoms with Gasteiger partial charge in [-0.15, -0.1) is 0 Å². The molecule has 0 aliphatic carbocycles. The van der Waals surface area contributed by atoms with Crippen LogP contribution in [0.5, 0.6) is 0 Å². The van der Waals surface area contributed by atoms with Gasteiger partial charge in [-0.1, -0.05) is 13.8 Å². The maximum atomic E-state index is 10.8. The lowest BCUT2D eigenvalue weighted by molar-refractivity contribution is -0.138. The molecule has 0 N–H and O–H groups in total. The van der Waals surface area contributed by atoms with Gasteiger partial charge in [0.05, 0.1) is 6.42 Å². The minimum atomic E-state index is -0.556. The van der Waals surface area contributed by atoms with E-state index in [9.17, 15) is 14.4 Å². The van der Waals surface area contributed by atoms with Gasteiger partial charge in [0.1, 0.15) is 5.78 Å². The van der Waals surface area contributed by atoms with Crippen LogP contribution in [0.4, 0.5) is 0 Å². The van der Waals surface area contributed by atoms with E-state index in [0.717, 1.165) is 0 Å². The van der Waals surface area contributed by atoms with Gasteiger partial charge in [0.2, 0.25) is 5.78 Å². The van der Waals surface area contributed by atoms with E-state index in [1.54, 1.807) is 13.8 Å². The van der Waals surface area contributed by atoms with Gasteiger partial charge in [0.25, 0.3) is 0 Å². The fourth-order valence-electron chi connectivity index (χ4n) is 0.600. The van der Waals surface area contributed by atoms with Crippen molar-refractivity contribution in [3.8, 4) is 0 Å². The van der Waals surface area contributed by atoms with Gasteiger partial charge in [0.15, 0.2) is 5.78 Å². The van der Waals surface area contributed by atoms with Crippen molar-refractivity contribution in [3.05, 3.63) is 0 Å². The topological polar surface area (TPSA) is 51.2 Å². The Hall–Kier alpha value is -0.990. The Kier molecular flexibility index (Phi) is 4.34. The molecule has 0 unspecified atom stereocenters. The summed E-state index contributed by atoms with van der Waals surface area (Å²) >= 11 is 0. The molecular weight excluding hydrogens is 144 g/mol. The molecule has 0 aromatic rings. The van der Waals surface area contributed by atoms with E-state index in [-0.39, 0.29) is 18.6 Å². The lowest BCUT2D eigenvalue weighted by atomic mass is 10.1. The first-order valence-corrected chi connectivity index (χ1v) is 3.69. The molecule has 11 heavy (non-hydrogen) atoms. The molecule has 0 aromatic carbocycles. The zero-order chi connectivity index (χ0) is 8.85. The van der Waals surface area contributed by atoms with E-state index in [1.165, 1.54) is 0 Å². The van der Waals surface area contributed by atoms with E-state index in [0.29, 0.717) is 6.42 Å². The number of rotatable bonds is 5. The van der Waals surface area contributed by atoms with Crippen LogP contribution in [0.3, 0.4) is 0 Å². The first-order chi connectivity index (χ1) is 5.11. The van der Waals surface area contributed by atoms with E-state index in [2.05, 4.69) is 0 Å². The Morgan fingerprint density at radius 3 is 1.82 bits per heavy atom. The predicted octanol–water partition coefficient (Wildman–Crippen LogP) is 0.904. The van der Waals surface area contributed by atoms with Crippen LogP contribution in [-0.4, -0.2) is 17.3 Å². The summed E-state index contributed by atoms with van der Waals surface area (Å²) in [4.78, 5) is 32.1. The molecule has 0 saturated carbocycles. The normalized spacial score (nSPS) is 9.27. The van der Waals surface area contributed by atoms with Gasteiger partial charge in [-0.25, -0.2) is 0 Å². The van der Waals surface area contributed by atoms with Crippen molar-refractivity contribution in [2.45, 2.75) is 33.1 Å². The van der Waals surface area contributed by atoms with Gasteiger partial charge >= 0.3 is 0 Å². The highest BCUT2D eigenvalue weighted by Gasteiger charge is 2.13. The van der Waals surface area contributed by atoms with Crippen LogP contribution >= 0.6 is 0 Å². The van der Waals surface area contributed by atoms with Crippen LogP contribution in [0.1, 0.15) is 33.1 Å². The highest BCUT2D eigenvalue weighted by atomic mass is 16.2. The highest BCUT2D eigenvalue weighted by molar-refractivity contribution is 6.40. The second-order valence-corrected chi connectivity index (χ2v) is 2.27. The lowest BCUT2D eigenvalue weighted by Crippen LogP contribution is -2.16. The highest BCUT2D eigenvalue weighted by Crippen LogP contribution is 1.93. The molecule has 0 radical (unpaired) electrons. The van der Waals surface area contributed by atoms with E-state index < -0.39 is 11.6 Å². The SMILES string of the molecule is CCC(=O)CC(=O)C(=O)CC. The largest absolute Gasteiger partial charge is 0.299 e. The molecule has 0 saturated heterocycles. The Balaban J connectivity index is 3.88. The fraction of sp³-hybridized carbons (Fsp3) is 0.625. The first-order valence-electron chi connectivity index (χ1n) is 3.69. The molecule has 0 heterocycles.